The standard InChI is InChI=1S/C26H23FN4O/c1-18-12-14-21(15-13-18)31(2)25-22(17-28-24(30-25)19-8-4-3-5-9-19)26(32)29-16-20-10-6-7-11-23(20)27/h3-15,17H,16H2,1-2H3,(H,29,32). The fraction of sp³-hybridized carbons (Fsp3) is 0.115. The van der Waals surface area contributed by atoms with Crippen LogP contribution >= 0.6 is 0 Å². The number of carbonyl (C=O) groups is 1. The zero-order chi connectivity index (χ0) is 22.5. The van der Waals surface area contributed by atoms with E-state index < -0.39 is 0 Å². The summed E-state index contributed by atoms with van der Waals surface area (Å²) in [5.74, 6) is 0.251. The molecule has 0 saturated heterocycles. The van der Waals surface area contributed by atoms with Gasteiger partial charge in [0.25, 0.3) is 5.91 Å². The van der Waals surface area contributed by atoms with Crippen molar-refractivity contribution in [1.82, 2.24) is 15.3 Å². The van der Waals surface area contributed by atoms with Crippen LogP contribution in [0.1, 0.15) is 21.5 Å². The summed E-state index contributed by atoms with van der Waals surface area (Å²) in [6, 6.07) is 23.9. The van der Waals surface area contributed by atoms with Crippen molar-refractivity contribution in [2.45, 2.75) is 13.5 Å². The number of aromatic nitrogens is 2. The molecule has 0 saturated carbocycles. The number of halogens is 1. The molecule has 3 aromatic carbocycles. The smallest absolute Gasteiger partial charge is 0.256 e. The van der Waals surface area contributed by atoms with E-state index in [2.05, 4.69) is 10.3 Å². The predicted octanol–water partition coefficient (Wildman–Crippen LogP) is 5.29. The third kappa shape index (κ3) is 4.64. The molecule has 0 aliphatic heterocycles. The third-order valence-corrected chi connectivity index (χ3v) is 5.18. The Kier molecular flexibility index (Phi) is 6.22. The van der Waals surface area contributed by atoms with Crippen molar-refractivity contribution in [2.24, 2.45) is 0 Å². The van der Waals surface area contributed by atoms with Crippen LogP contribution < -0.4 is 10.2 Å². The van der Waals surface area contributed by atoms with Gasteiger partial charge in [0.2, 0.25) is 0 Å². The lowest BCUT2D eigenvalue weighted by Crippen LogP contribution is -2.26. The summed E-state index contributed by atoms with van der Waals surface area (Å²) in [5, 5.41) is 2.79. The molecule has 32 heavy (non-hydrogen) atoms. The highest BCUT2D eigenvalue weighted by Gasteiger charge is 2.20. The van der Waals surface area contributed by atoms with E-state index >= 15 is 0 Å². The van der Waals surface area contributed by atoms with E-state index in [-0.39, 0.29) is 18.3 Å². The fourth-order valence-corrected chi connectivity index (χ4v) is 3.32. The van der Waals surface area contributed by atoms with E-state index in [0.717, 1.165) is 16.8 Å². The molecule has 4 rings (SSSR count). The van der Waals surface area contributed by atoms with Crippen LogP contribution in [0.4, 0.5) is 15.9 Å². The quantitative estimate of drug-likeness (QED) is 0.455. The zero-order valence-electron chi connectivity index (χ0n) is 17.9. The number of nitrogens with one attached hydrogen (secondary N) is 1. The van der Waals surface area contributed by atoms with Gasteiger partial charge >= 0.3 is 0 Å². The predicted molar refractivity (Wildman–Crippen MR) is 124 cm³/mol. The van der Waals surface area contributed by atoms with E-state index in [1.807, 2.05) is 73.5 Å². The second kappa shape index (κ2) is 9.39. The first-order valence-electron chi connectivity index (χ1n) is 10.3. The van der Waals surface area contributed by atoms with E-state index in [4.69, 9.17) is 4.98 Å². The van der Waals surface area contributed by atoms with E-state index in [0.29, 0.717) is 22.8 Å². The molecular formula is C26H23FN4O. The maximum atomic E-state index is 14.0. The molecule has 1 heterocycles. The SMILES string of the molecule is Cc1ccc(N(C)c2nc(-c3ccccc3)ncc2C(=O)NCc2ccccc2F)cc1. The number of hydrogen-bond donors (Lipinski definition) is 1. The molecule has 5 nitrogen and oxygen atoms in total. The molecule has 160 valence electrons. The van der Waals surface area contributed by atoms with Crippen molar-refractivity contribution < 1.29 is 9.18 Å². The minimum absolute atomic E-state index is 0.0691. The Labute approximate surface area is 186 Å². The molecular weight excluding hydrogens is 403 g/mol. The third-order valence-electron chi connectivity index (χ3n) is 5.18. The lowest BCUT2D eigenvalue weighted by Gasteiger charge is -2.22. The van der Waals surface area contributed by atoms with Gasteiger partial charge in [0.05, 0.1) is 0 Å². The summed E-state index contributed by atoms with van der Waals surface area (Å²) in [6.45, 7) is 2.09. The van der Waals surface area contributed by atoms with E-state index in [1.165, 1.54) is 12.3 Å². The first kappa shape index (κ1) is 21.2. The van der Waals surface area contributed by atoms with Gasteiger partial charge in [-0.1, -0.05) is 66.2 Å². The molecule has 0 fully saturated rings. The number of hydrogen-bond acceptors (Lipinski definition) is 4. The lowest BCUT2D eigenvalue weighted by atomic mass is 10.1. The molecule has 0 radical (unpaired) electrons. The highest BCUT2D eigenvalue weighted by Crippen LogP contribution is 2.27. The fourth-order valence-electron chi connectivity index (χ4n) is 3.32. The Morgan fingerprint density at radius 3 is 2.38 bits per heavy atom. The number of anilines is 2. The number of carbonyl (C=O) groups excluding carboxylic acids is 1. The number of nitrogens with zero attached hydrogens (tertiary/aromatic N) is 3. The van der Waals surface area contributed by atoms with Crippen LogP contribution in [0.3, 0.4) is 0 Å². The van der Waals surface area contributed by atoms with Crippen molar-refractivity contribution >= 4 is 17.4 Å². The normalized spacial score (nSPS) is 10.6. The minimum atomic E-state index is -0.373. The van der Waals surface area contributed by atoms with Gasteiger partial charge in [0.15, 0.2) is 5.82 Å². The largest absolute Gasteiger partial charge is 0.348 e. The van der Waals surface area contributed by atoms with Gasteiger partial charge in [-0.2, -0.15) is 0 Å². The van der Waals surface area contributed by atoms with Crippen LogP contribution in [0.25, 0.3) is 11.4 Å². The number of aryl methyl sites for hydroxylation is 1. The molecule has 0 atom stereocenters. The van der Waals surface area contributed by atoms with Gasteiger partial charge in [-0.3, -0.25) is 4.79 Å². The summed E-state index contributed by atoms with van der Waals surface area (Å²) >= 11 is 0. The molecule has 1 N–H and O–H groups in total. The Morgan fingerprint density at radius 1 is 0.969 bits per heavy atom. The van der Waals surface area contributed by atoms with Crippen molar-refractivity contribution in [3.05, 3.63) is 108 Å². The minimum Gasteiger partial charge on any atom is -0.348 e. The molecule has 0 aliphatic rings. The van der Waals surface area contributed by atoms with Gasteiger partial charge in [0, 0.05) is 36.6 Å². The summed E-state index contributed by atoms with van der Waals surface area (Å²) in [7, 11) is 1.86. The maximum absolute atomic E-state index is 14.0. The zero-order valence-corrected chi connectivity index (χ0v) is 17.9. The highest BCUT2D eigenvalue weighted by atomic mass is 19.1. The topological polar surface area (TPSA) is 58.1 Å². The van der Waals surface area contributed by atoms with Gasteiger partial charge in [-0.15, -0.1) is 0 Å². The van der Waals surface area contributed by atoms with Crippen LogP contribution in [-0.4, -0.2) is 22.9 Å². The van der Waals surface area contributed by atoms with Crippen LogP contribution in [0, 0.1) is 12.7 Å². The highest BCUT2D eigenvalue weighted by molar-refractivity contribution is 5.99. The molecule has 1 amide bonds. The molecule has 1 aromatic heterocycles. The molecule has 0 bridgehead atoms. The average Bonchev–Trinajstić information content (AvgIpc) is 2.83. The van der Waals surface area contributed by atoms with E-state index in [1.54, 1.807) is 18.2 Å². The summed E-state index contributed by atoms with van der Waals surface area (Å²) < 4.78 is 14.0. The van der Waals surface area contributed by atoms with Crippen molar-refractivity contribution in [3.63, 3.8) is 0 Å². The van der Waals surface area contributed by atoms with Crippen LogP contribution in [0.15, 0.2) is 85.1 Å². The second-order valence-electron chi connectivity index (χ2n) is 7.47. The van der Waals surface area contributed by atoms with E-state index in [9.17, 15) is 9.18 Å². The monoisotopic (exact) mass is 426 g/mol. The first-order chi connectivity index (χ1) is 15.5. The molecule has 0 unspecified atom stereocenters. The Hall–Kier alpha value is -4.06. The molecule has 0 aliphatic carbocycles. The summed E-state index contributed by atoms with van der Waals surface area (Å²) in [6.07, 6.45) is 1.52. The number of benzene rings is 3. The average molecular weight is 426 g/mol. The summed E-state index contributed by atoms with van der Waals surface area (Å²) in [4.78, 5) is 24.0. The number of rotatable bonds is 6. The van der Waals surface area contributed by atoms with Crippen LogP contribution in [-0.2, 0) is 6.54 Å². The van der Waals surface area contributed by atoms with Gasteiger partial charge in [-0.05, 0) is 25.1 Å². The van der Waals surface area contributed by atoms with Crippen molar-refractivity contribution in [3.8, 4) is 11.4 Å². The Morgan fingerprint density at radius 2 is 1.66 bits per heavy atom. The Bertz CT molecular complexity index is 1230. The van der Waals surface area contributed by atoms with Gasteiger partial charge in [-0.25, -0.2) is 14.4 Å². The molecule has 4 aromatic rings. The Balaban J connectivity index is 1.69. The first-order valence-corrected chi connectivity index (χ1v) is 10.3. The van der Waals surface area contributed by atoms with Crippen LogP contribution in [0.5, 0.6) is 0 Å². The van der Waals surface area contributed by atoms with Gasteiger partial charge < -0.3 is 10.2 Å². The molecule has 0 spiro atoms. The van der Waals surface area contributed by atoms with Crippen LogP contribution in [0.2, 0.25) is 0 Å². The van der Waals surface area contributed by atoms with Gasteiger partial charge in [0.1, 0.15) is 17.2 Å². The number of amides is 1. The van der Waals surface area contributed by atoms with Crippen molar-refractivity contribution in [2.75, 3.05) is 11.9 Å². The lowest BCUT2D eigenvalue weighted by molar-refractivity contribution is 0.0950. The van der Waals surface area contributed by atoms with Crippen molar-refractivity contribution in [1.29, 1.82) is 0 Å². The molecule has 6 heteroatoms. The second-order valence-corrected chi connectivity index (χ2v) is 7.47. The summed E-state index contributed by atoms with van der Waals surface area (Å²) in [5.41, 5.74) is 3.60. The maximum Gasteiger partial charge on any atom is 0.256 e.